The number of benzene rings is 1. The zero-order chi connectivity index (χ0) is 11.3. The summed E-state index contributed by atoms with van der Waals surface area (Å²) in [6.45, 7) is 2.01. The lowest BCUT2D eigenvalue weighted by Crippen LogP contribution is -2.05. The predicted molar refractivity (Wildman–Crippen MR) is 56.4 cm³/mol. The van der Waals surface area contributed by atoms with Gasteiger partial charge in [-0.25, -0.2) is 4.79 Å². The number of Topliss-reactive ketones (excluding diaryl/α,β-unsaturated/α-hetero) is 1. The number of carbonyl (C=O) groups is 3. The van der Waals surface area contributed by atoms with E-state index >= 15 is 0 Å². The highest BCUT2D eigenvalue weighted by molar-refractivity contribution is 6.33. The molecule has 1 aromatic rings. The van der Waals surface area contributed by atoms with Crippen molar-refractivity contribution in [3.8, 4) is 0 Å². The number of esters is 1. The highest BCUT2D eigenvalue weighted by Gasteiger charge is 2.08. The molecule has 2 N–H and O–H groups in total. The van der Waals surface area contributed by atoms with E-state index in [-0.39, 0.29) is 17.3 Å². The molecule has 1 rings (SSSR count). The fraction of sp³-hybridized carbons (Fsp3) is 0.182. The number of aldehydes is 1. The topological polar surface area (TPSA) is 91.9 Å². The van der Waals surface area contributed by atoms with Gasteiger partial charge in [0.25, 0.3) is 0 Å². The smallest absolute Gasteiger partial charge is 0.338 e. The molecule has 0 saturated heterocycles. The second-order valence-electron chi connectivity index (χ2n) is 2.78. The third-order valence-electron chi connectivity index (χ3n) is 1.79. The van der Waals surface area contributed by atoms with E-state index in [9.17, 15) is 14.4 Å². The summed E-state index contributed by atoms with van der Waals surface area (Å²) in [7, 11) is 0. The molecule has 0 heterocycles. The lowest BCUT2D eigenvalue weighted by molar-refractivity contribution is -0.104. The van der Waals surface area contributed by atoms with Crippen LogP contribution in [0.4, 0.5) is 0 Å². The van der Waals surface area contributed by atoms with Gasteiger partial charge in [0.2, 0.25) is 5.78 Å². The van der Waals surface area contributed by atoms with Crippen LogP contribution in [0.15, 0.2) is 24.3 Å². The fourth-order valence-corrected chi connectivity index (χ4v) is 1.05. The monoisotopic (exact) mass is 224 g/mol. The van der Waals surface area contributed by atoms with Crippen LogP contribution in [0, 0.1) is 0 Å². The van der Waals surface area contributed by atoms with Crippen molar-refractivity contribution in [2.75, 3.05) is 6.61 Å². The number of hydrogen-bond acceptors (Lipinski definition) is 4. The molecular formula is C11H12O5. The fourth-order valence-electron chi connectivity index (χ4n) is 1.05. The summed E-state index contributed by atoms with van der Waals surface area (Å²) in [5.41, 5.74) is 0.623. The molecule has 0 fully saturated rings. The zero-order valence-corrected chi connectivity index (χ0v) is 8.73. The van der Waals surface area contributed by atoms with Gasteiger partial charge in [-0.3, -0.25) is 9.59 Å². The van der Waals surface area contributed by atoms with Crippen molar-refractivity contribution in [2.45, 2.75) is 6.92 Å². The van der Waals surface area contributed by atoms with Gasteiger partial charge in [0.05, 0.1) is 12.2 Å². The van der Waals surface area contributed by atoms with Crippen LogP contribution in [0.1, 0.15) is 27.6 Å². The first-order chi connectivity index (χ1) is 7.19. The van der Waals surface area contributed by atoms with Crippen molar-refractivity contribution in [3.05, 3.63) is 35.4 Å². The van der Waals surface area contributed by atoms with Crippen LogP contribution >= 0.6 is 0 Å². The van der Waals surface area contributed by atoms with Gasteiger partial charge in [-0.15, -0.1) is 0 Å². The first-order valence-corrected chi connectivity index (χ1v) is 4.45. The average molecular weight is 224 g/mol. The van der Waals surface area contributed by atoms with Crippen LogP contribution in [-0.2, 0) is 9.53 Å². The van der Waals surface area contributed by atoms with E-state index in [0.29, 0.717) is 12.2 Å². The Hall–Kier alpha value is -2.01. The molecule has 16 heavy (non-hydrogen) atoms. The van der Waals surface area contributed by atoms with Gasteiger partial charge in [-0.2, -0.15) is 0 Å². The lowest BCUT2D eigenvalue weighted by Gasteiger charge is -2.01. The number of hydrogen-bond donors (Lipinski definition) is 0. The van der Waals surface area contributed by atoms with Gasteiger partial charge in [-0.1, -0.05) is 12.1 Å². The van der Waals surface area contributed by atoms with Gasteiger partial charge in [0, 0.05) is 5.56 Å². The van der Waals surface area contributed by atoms with Crippen LogP contribution < -0.4 is 0 Å². The maximum atomic E-state index is 11.2. The number of carbonyl (C=O) groups excluding carboxylic acids is 3. The van der Waals surface area contributed by atoms with Crippen LogP contribution in [0.5, 0.6) is 0 Å². The Bertz CT molecular complexity index is 380. The molecule has 0 atom stereocenters. The van der Waals surface area contributed by atoms with Gasteiger partial charge in [0.1, 0.15) is 0 Å². The molecule has 0 radical (unpaired) electrons. The maximum Gasteiger partial charge on any atom is 0.338 e. The number of ketones is 1. The van der Waals surface area contributed by atoms with Crippen molar-refractivity contribution >= 4 is 18.0 Å². The van der Waals surface area contributed by atoms with E-state index in [1.165, 1.54) is 24.3 Å². The molecule has 0 aliphatic heterocycles. The predicted octanol–water partition coefficient (Wildman–Crippen LogP) is 0.420. The molecule has 0 bridgehead atoms. The van der Waals surface area contributed by atoms with Gasteiger partial charge >= 0.3 is 5.97 Å². The summed E-state index contributed by atoms with van der Waals surface area (Å²) in [5.74, 6) is -1.05. The van der Waals surface area contributed by atoms with E-state index in [2.05, 4.69) is 0 Å². The summed E-state index contributed by atoms with van der Waals surface area (Å²) >= 11 is 0. The van der Waals surface area contributed by atoms with Gasteiger partial charge < -0.3 is 10.2 Å². The average Bonchev–Trinajstić information content (AvgIpc) is 2.28. The normalized spacial score (nSPS) is 8.81. The SMILES string of the molecule is CCOC(=O)c1ccc(C(=O)C=O)cc1.O. The van der Waals surface area contributed by atoms with Crippen LogP contribution in [0.3, 0.4) is 0 Å². The number of ether oxygens (including phenoxy) is 1. The maximum absolute atomic E-state index is 11.2. The van der Waals surface area contributed by atoms with Crippen molar-refractivity contribution in [1.82, 2.24) is 0 Å². The second kappa shape index (κ2) is 6.47. The Labute approximate surface area is 92.3 Å². The Morgan fingerprint density at radius 3 is 2.12 bits per heavy atom. The van der Waals surface area contributed by atoms with E-state index < -0.39 is 11.8 Å². The van der Waals surface area contributed by atoms with Crippen LogP contribution in [0.25, 0.3) is 0 Å². The summed E-state index contributed by atoms with van der Waals surface area (Å²) in [5, 5.41) is 0. The summed E-state index contributed by atoms with van der Waals surface area (Å²) in [6.07, 6.45) is 0.235. The molecule has 0 aliphatic rings. The molecule has 0 amide bonds. The standard InChI is InChI=1S/C11H10O4.H2O/c1-2-15-11(14)9-5-3-8(4-6-9)10(13)7-12;/h3-7H,2H2,1H3;1H2. The summed E-state index contributed by atoms with van der Waals surface area (Å²) < 4.78 is 4.76. The summed E-state index contributed by atoms with van der Waals surface area (Å²) in [4.78, 5) is 32.3. The quantitative estimate of drug-likeness (QED) is 0.320. The van der Waals surface area contributed by atoms with E-state index in [1.54, 1.807) is 6.92 Å². The molecule has 0 aromatic heterocycles. The van der Waals surface area contributed by atoms with Crippen molar-refractivity contribution in [1.29, 1.82) is 0 Å². The second-order valence-corrected chi connectivity index (χ2v) is 2.78. The molecule has 0 aliphatic carbocycles. The van der Waals surface area contributed by atoms with Gasteiger partial charge in [-0.05, 0) is 19.1 Å². The third-order valence-corrected chi connectivity index (χ3v) is 1.79. The lowest BCUT2D eigenvalue weighted by atomic mass is 10.1. The molecule has 0 saturated carbocycles. The van der Waals surface area contributed by atoms with E-state index in [1.807, 2.05) is 0 Å². The first kappa shape index (κ1) is 14.0. The third kappa shape index (κ3) is 3.29. The van der Waals surface area contributed by atoms with Crippen molar-refractivity contribution in [3.63, 3.8) is 0 Å². The van der Waals surface area contributed by atoms with Crippen molar-refractivity contribution in [2.24, 2.45) is 0 Å². The molecule has 0 spiro atoms. The van der Waals surface area contributed by atoms with Crippen LogP contribution in [0.2, 0.25) is 0 Å². The molecule has 5 nitrogen and oxygen atoms in total. The van der Waals surface area contributed by atoms with Crippen LogP contribution in [-0.4, -0.2) is 30.1 Å². The molecule has 86 valence electrons. The largest absolute Gasteiger partial charge is 0.462 e. The molecule has 0 unspecified atom stereocenters. The minimum Gasteiger partial charge on any atom is -0.462 e. The Morgan fingerprint density at radius 1 is 1.19 bits per heavy atom. The molecule has 1 aromatic carbocycles. The van der Waals surface area contributed by atoms with Gasteiger partial charge in [0.15, 0.2) is 6.29 Å². The highest BCUT2D eigenvalue weighted by Crippen LogP contribution is 2.06. The van der Waals surface area contributed by atoms with E-state index in [0.717, 1.165) is 0 Å². The molecular weight excluding hydrogens is 212 g/mol. The minimum absolute atomic E-state index is 0. The number of rotatable bonds is 4. The highest BCUT2D eigenvalue weighted by atomic mass is 16.5. The van der Waals surface area contributed by atoms with E-state index in [4.69, 9.17) is 4.74 Å². The summed E-state index contributed by atoms with van der Waals surface area (Å²) in [6, 6.07) is 5.75. The minimum atomic E-state index is -0.606. The Morgan fingerprint density at radius 2 is 1.69 bits per heavy atom. The van der Waals surface area contributed by atoms with Crippen molar-refractivity contribution < 1.29 is 24.6 Å². The Balaban J connectivity index is 0.00000225. The molecule has 5 heteroatoms. The Kier molecular flexibility index (Phi) is 5.66. The first-order valence-electron chi connectivity index (χ1n) is 4.45. The zero-order valence-electron chi connectivity index (χ0n) is 8.73.